The summed E-state index contributed by atoms with van der Waals surface area (Å²) in [6, 6.07) is 10.4. The van der Waals surface area contributed by atoms with Crippen molar-refractivity contribution in [2.45, 2.75) is 13.2 Å². The summed E-state index contributed by atoms with van der Waals surface area (Å²) in [4.78, 5) is 0. The number of benzene rings is 2. The van der Waals surface area contributed by atoms with Crippen LogP contribution >= 0.6 is 31.9 Å². The van der Waals surface area contributed by atoms with Crippen molar-refractivity contribution in [3.63, 3.8) is 0 Å². The van der Waals surface area contributed by atoms with Crippen LogP contribution in [0.4, 0.5) is 4.39 Å². The minimum Gasteiger partial charge on any atom is -0.488 e. The zero-order valence-electron chi connectivity index (χ0n) is 10.00. The Kier molecular flexibility index (Phi) is 4.96. The van der Waals surface area contributed by atoms with Crippen LogP contribution in [-0.2, 0) is 13.2 Å². The Labute approximate surface area is 128 Å². The standard InChI is InChI=1S/C14H12Br2FNO/c15-11-2-3-13(17)10(6-11)8-19-14-4-1-9(7-18)5-12(14)16/h1-6H,7-8,18H2. The van der Waals surface area contributed by atoms with Crippen molar-refractivity contribution in [2.24, 2.45) is 5.73 Å². The molecule has 2 nitrogen and oxygen atoms in total. The van der Waals surface area contributed by atoms with Crippen molar-refractivity contribution in [3.05, 3.63) is 62.3 Å². The predicted octanol–water partition coefficient (Wildman–Crippen LogP) is 4.39. The molecule has 19 heavy (non-hydrogen) atoms. The molecule has 0 aromatic heterocycles. The Morgan fingerprint density at radius 2 is 1.89 bits per heavy atom. The van der Waals surface area contributed by atoms with E-state index in [1.54, 1.807) is 12.1 Å². The van der Waals surface area contributed by atoms with E-state index < -0.39 is 0 Å². The number of halogens is 3. The van der Waals surface area contributed by atoms with Crippen molar-refractivity contribution in [1.82, 2.24) is 0 Å². The van der Waals surface area contributed by atoms with Crippen molar-refractivity contribution >= 4 is 31.9 Å². The molecule has 2 N–H and O–H groups in total. The summed E-state index contributed by atoms with van der Waals surface area (Å²) < 4.78 is 20.8. The van der Waals surface area contributed by atoms with Crippen molar-refractivity contribution in [2.75, 3.05) is 0 Å². The van der Waals surface area contributed by atoms with Crippen LogP contribution in [0.25, 0.3) is 0 Å². The molecule has 0 aliphatic rings. The molecule has 100 valence electrons. The third-order valence-corrected chi connectivity index (χ3v) is 3.74. The minimum atomic E-state index is -0.280. The highest BCUT2D eigenvalue weighted by molar-refractivity contribution is 9.10. The zero-order chi connectivity index (χ0) is 13.8. The van der Waals surface area contributed by atoms with E-state index in [4.69, 9.17) is 10.5 Å². The second kappa shape index (κ2) is 6.50. The normalized spacial score (nSPS) is 10.5. The van der Waals surface area contributed by atoms with Crippen LogP contribution in [-0.4, -0.2) is 0 Å². The number of hydrogen-bond donors (Lipinski definition) is 1. The van der Waals surface area contributed by atoms with E-state index in [1.807, 2.05) is 18.2 Å². The van der Waals surface area contributed by atoms with E-state index in [9.17, 15) is 4.39 Å². The lowest BCUT2D eigenvalue weighted by Crippen LogP contribution is -2.00. The van der Waals surface area contributed by atoms with Crippen LogP contribution in [0.3, 0.4) is 0 Å². The second-order valence-electron chi connectivity index (χ2n) is 3.99. The van der Waals surface area contributed by atoms with E-state index in [0.717, 1.165) is 14.5 Å². The fraction of sp³-hybridized carbons (Fsp3) is 0.143. The highest BCUT2D eigenvalue weighted by atomic mass is 79.9. The molecule has 0 aliphatic carbocycles. The van der Waals surface area contributed by atoms with Gasteiger partial charge >= 0.3 is 0 Å². The van der Waals surface area contributed by atoms with Gasteiger partial charge in [0.15, 0.2) is 0 Å². The van der Waals surface area contributed by atoms with Gasteiger partial charge in [0.2, 0.25) is 0 Å². The molecule has 5 heteroatoms. The highest BCUT2D eigenvalue weighted by Crippen LogP contribution is 2.27. The monoisotopic (exact) mass is 387 g/mol. The van der Waals surface area contributed by atoms with E-state index in [0.29, 0.717) is 17.9 Å². The first-order valence-corrected chi connectivity index (χ1v) is 7.24. The Balaban J connectivity index is 2.12. The van der Waals surface area contributed by atoms with Crippen LogP contribution < -0.4 is 10.5 Å². The van der Waals surface area contributed by atoms with E-state index >= 15 is 0 Å². The summed E-state index contributed by atoms with van der Waals surface area (Å²) in [6.45, 7) is 0.644. The molecule has 0 bridgehead atoms. The minimum absolute atomic E-state index is 0.172. The summed E-state index contributed by atoms with van der Waals surface area (Å²) in [6.07, 6.45) is 0. The molecular formula is C14H12Br2FNO. The van der Waals surface area contributed by atoms with Gasteiger partial charge in [-0.3, -0.25) is 0 Å². The van der Waals surface area contributed by atoms with Crippen molar-refractivity contribution in [3.8, 4) is 5.75 Å². The van der Waals surface area contributed by atoms with Crippen LogP contribution in [0, 0.1) is 5.82 Å². The van der Waals surface area contributed by atoms with Crippen molar-refractivity contribution in [1.29, 1.82) is 0 Å². The molecule has 0 fully saturated rings. The summed E-state index contributed by atoms with van der Waals surface area (Å²) in [5.74, 6) is 0.384. The lowest BCUT2D eigenvalue weighted by atomic mass is 10.2. The van der Waals surface area contributed by atoms with Crippen LogP contribution in [0.5, 0.6) is 5.75 Å². The van der Waals surface area contributed by atoms with E-state index in [2.05, 4.69) is 31.9 Å². The lowest BCUT2D eigenvalue weighted by Gasteiger charge is -2.10. The molecule has 2 aromatic carbocycles. The molecular weight excluding hydrogens is 377 g/mol. The fourth-order valence-electron chi connectivity index (χ4n) is 1.60. The first-order valence-electron chi connectivity index (χ1n) is 5.65. The number of nitrogens with two attached hydrogens (primary N) is 1. The lowest BCUT2D eigenvalue weighted by molar-refractivity contribution is 0.298. The average Bonchev–Trinajstić information content (AvgIpc) is 2.40. The summed E-state index contributed by atoms with van der Waals surface area (Å²) in [5, 5.41) is 0. The largest absolute Gasteiger partial charge is 0.488 e. The Morgan fingerprint density at radius 3 is 2.58 bits per heavy atom. The van der Waals surface area contributed by atoms with E-state index in [1.165, 1.54) is 6.07 Å². The summed E-state index contributed by atoms with van der Waals surface area (Å²) in [5.41, 5.74) is 7.07. The molecule has 0 amide bonds. The quantitative estimate of drug-likeness (QED) is 0.842. The first kappa shape index (κ1) is 14.5. The number of hydrogen-bond acceptors (Lipinski definition) is 2. The predicted molar refractivity (Wildman–Crippen MR) is 80.5 cm³/mol. The van der Waals surface area contributed by atoms with Gasteiger partial charge in [-0.1, -0.05) is 22.0 Å². The summed E-state index contributed by atoms with van der Waals surface area (Å²) in [7, 11) is 0. The van der Waals surface area contributed by atoms with Crippen molar-refractivity contribution < 1.29 is 9.13 Å². The molecule has 2 rings (SSSR count). The van der Waals surface area contributed by atoms with Gasteiger partial charge in [0.25, 0.3) is 0 Å². The molecule has 0 aliphatic heterocycles. The van der Waals surface area contributed by atoms with Gasteiger partial charge in [0.05, 0.1) is 4.47 Å². The van der Waals surface area contributed by atoms with Gasteiger partial charge in [-0.15, -0.1) is 0 Å². The van der Waals surface area contributed by atoms with Crippen LogP contribution in [0.15, 0.2) is 45.3 Å². The molecule has 0 spiro atoms. The highest BCUT2D eigenvalue weighted by Gasteiger charge is 2.06. The molecule has 2 aromatic rings. The molecule has 0 saturated heterocycles. The topological polar surface area (TPSA) is 35.2 Å². The number of rotatable bonds is 4. The first-order chi connectivity index (χ1) is 9.10. The maximum absolute atomic E-state index is 13.6. The fourth-order valence-corrected chi connectivity index (χ4v) is 2.55. The van der Waals surface area contributed by atoms with E-state index in [-0.39, 0.29) is 12.4 Å². The molecule has 0 unspecified atom stereocenters. The van der Waals surface area contributed by atoms with Gasteiger partial charge < -0.3 is 10.5 Å². The van der Waals surface area contributed by atoms with Gasteiger partial charge in [-0.05, 0) is 51.8 Å². The Morgan fingerprint density at radius 1 is 1.11 bits per heavy atom. The smallest absolute Gasteiger partial charge is 0.134 e. The third-order valence-electron chi connectivity index (χ3n) is 2.62. The van der Waals surface area contributed by atoms with Crippen LogP contribution in [0.1, 0.15) is 11.1 Å². The average molecular weight is 389 g/mol. The van der Waals surface area contributed by atoms with Gasteiger partial charge in [0, 0.05) is 16.6 Å². The van der Waals surface area contributed by atoms with Gasteiger partial charge in [0.1, 0.15) is 18.2 Å². The van der Waals surface area contributed by atoms with Gasteiger partial charge in [-0.2, -0.15) is 0 Å². The molecule has 0 saturated carbocycles. The van der Waals surface area contributed by atoms with Gasteiger partial charge in [-0.25, -0.2) is 4.39 Å². The SMILES string of the molecule is NCc1ccc(OCc2cc(Br)ccc2F)c(Br)c1. The molecule has 0 heterocycles. The maximum Gasteiger partial charge on any atom is 0.134 e. The third kappa shape index (κ3) is 3.78. The maximum atomic E-state index is 13.6. The zero-order valence-corrected chi connectivity index (χ0v) is 13.2. The summed E-state index contributed by atoms with van der Waals surface area (Å²) >= 11 is 6.72. The van der Waals surface area contributed by atoms with Crippen LogP contribution in [0.2, 0.25) is 0 Å². The Hall–Kier alpha value is -0.910. The molecule has 0 atom stereocenters. The molecule has 0 radical (unpaired) electrons. The number of ether oxygens (including phenoxy) is 1. The second-order valence-corrected chi connectivity index (χ2v) is 5.76. The Bertz CT molecular complexity index is 590.